The van der Waals surface area contributed by atoms with Gasteiger partial charge in [0, 0.05) is 35.7 Å². The first-order valence-electron chi connectivity index (χ1n) is 7.71. The molecule has 0 fully saturated rings. The van der Waals surface area contributed by atoms with E-state index in [1.807, 2.05) is 6.92 Å². The van der Waals surface area contributed by atoms with Gasteiger partial charge in [0.15, 0.2) is 0 Å². The Bertz CT molecular complexity index is 735. The van der Waals surface area contributed by atoms with Gasteiger partial charge < -0.3 is 9.88 Å². The van der Waals surface area contributed by atoms with Crippen LogP contribution < -0.4 is 10.5 Å². The van der Waals surface area contributed by atoms with E-state index in [-0.39, 0.29) is 10.9 Å². The van der Waals surface area contributed by atoms with E-state index in [0.717, 1.165) is 25.2 Å². The highest BCUT2D eigenvalue weighted by Crippen LogP contribution is 2.34. The van der Waals surface area contributed by atoms with Crippen LogP contribution in [0.25, 0.3) is 10.9 Å². The predicted octanol–water partition coefficient (Wildman–Crippen LogP) is 4.42. The smallest absolute Gasteiger partial charge is 0.371 e. The lowest BCUT2D eigenvalue weighted by molar-refractivity contribution is -0.136. The first-order chi connectivity index (χ1) is 10.7. The van der Waals surface area contributed by atoms with E-state index in [2.05, 4.69) is 23.7 Å². The summed E-state index contributed by atoms with van der Waals surface area (Å²) < 4.78 is 39.7. The van der Waals surface area contributed by atoms with Gasteiger partial charge in [0.1, 0.15) is 0 Å². The number of fused-ring (bicyclic) bond motifs is 1. The molecule has 0 saturated heterocycles. The van der Waals surface area contributed by atoms with Gasteiger partial charge in [-0.1, -0.05) is 20.8 Å². The van der Waals surface area contributed by atoms with Crippen LogP contribution in [0.4, 0.5) is 18.9 Å². The molecule has 1 aromatic heterocycles. The first-order valence-corrected chi connectivity index (χ1v) is 7.71. The number of hydrogen-bond donors (Lipinski definition) is 1. The molecule has 0 aliphatic rings. The zero-order chi connectivity index (χ0) is 17.2. The third-order valence-electron chi connectivity index (χ3n) is 3.58. The van der Waals surface area contributed by atoms with Crippen molar-refractivity contribution in [3.63, 3.8) is 0 Å². The van der Waals surface area contributed by atoms with E-state index in [0.29, 0.717) is 12.0 Å². The van der Waals surface area contributed by atoms with Crippen LogP contribution in [-0.4, -0.2) is 18.1 Å². The molecular formula is C17H21F3N2O. The zero-order valence-electron chi connectivity index (χ0n) is 13.5. The van der Waals surface area contributed by atoms with Gasteiger partial charge in [-0.3, -0.25) is 4.79 Å². The number of aromatic nitrogens is 1. The highest BCUT2D eigenvalue weighted by atomic mass is 19.4. The maximum Gasteiger partial charge on any atom is 0.417 e. The van der Waals surface area contributed by atoms with E-state index in [1.165, 1.54) is 6.07 Å². The Kier molecular flexibility index (Phi) is 5.02. The van der Waals surface area contributed by atoms with Crippen molar-refractivity contribution >= 4 is 16.6 Å². The standard InChI is InChI=1S/C17H21F3N2O/c1-4-7-22(10-11(2)3)12-5-6-15-13(8-12)14(17(18,19)20)9-16(23)21-15/h5-6,8-9,11H,4,7,10H2,1-3H3,(H,21,23). The predicted molar refractivity (Wildman–Crippen MR) is 86.9 cm³/mol. The summed E-state index contributed by atoms with van der Waals surface area (Å²) in [5.74, 6) is 0.398. The topological polar surface area (TPSA) is 36.1 Å². The summed E-state index contributed by atoms with van der Waals surface area (Å²) in [5.41, 5.74) is -0.690. The molecule has 0 aliphatic heterocycles. The number of anilines is 1. The van der Waals surface area contributed by atoms with Crippen LogP contribution in [0.2, 0.25) is 0 Å². The fourth-order valence-corrected chi connectivity index (χ4v) is 2.71. The highest BCUT2D eigenvalue weighted by Gasteiger charge is 2.33. The Morgan fingerprint density at radius 3 is 2.48 bits per heavy atom. The van der Waals surface area contributed by atoms with Gasteiger partial charge in [-0.25, -0.2) is 0 Å². The molecule has 2 aromatic rings. The molecule has 23 heavy (non-hydrogen) atoms. The quantitative estimate of drug-likeness (QED) is 0.883. The second-order valence-electron chi connectivity index (χ2n) is 6.11. The number of hydrogen-bond acceptors (Lipinski definition) is 2. The number of benzene rings is 1. The zero-order valence-corrected chi connectivity index (χ0v) is 13.5. The number of aromatic amines is 1. The van der Waals surface area contributed by atoms with Gasteiger partial charge in [0.25, 0.3) is 0 Å². The summed E-state index contributed by atoms with van der Waals surface area (Å²) in [4.78, 5) is 16.0. The Morgan fingerprint density at radius 2 is 1.91 bits per heavy atom. The number of rotatable bonds is 5. The minimum Gasteiger partial charge on any atom is -0.371 e. The fourth-order valence-electron chi connectivity index (χ4n) is 2.71. The van der Waals surface area contributed by atoms with Crippen LogP contribution in [0.3, 0.4) is 0 Å². The van der Waals surface area contributed by atoms with Crippen molar-refractivity contribution in [1.29, 1.82) is 0 Å². The number of alkyl halides is 3. The third-order valence-corrected chi connectivity index (χ3v) is 3.58. The largest absolute Gasteiger partial charge is 0.417 e. The maximum atomic E-state index is 13.2. The molecule has 2 rings (SSSR count). The highest BCUT2D eigenvalue weighted by molar-refractivity contribution is 5.86. The van der Waals surface area contributed by atoms with Crippen LogP contribution >= 0.6 is 0 Å². The van der Waals surface area contributed by atoms with Crippen LogP contribution in [0.15, 0.2) is 29.1 Å². The van der Waals surface area contributed by atoms with Crippen LogP contribution in [0.1, 0.15) is 32.8 Å². The number of nitrogens with one attached hydrogen (secondary N) is 1. The SMILES string of the molecule is CCCN(CC(C)C)c1ccc2[nH]c(=O)cc(C(F)(F)F)c2c1. The Labute approximate surface area is 133 Å². The van der Waals surface area contributed by atoms with Crippen molar-refractivity contribution in [2.45, 2.75) is 33.4 Å². The molecule has 0 aliphatic carbocycles. The molecule has 0 spiro atoms. The van der Waals surface area contributed by atoms with Gasteiger partial charge in [0.2, 0.25) is 5.56 Å². The van der Waals surface area contributed by atoms with Crippen molar-refractivity contribution in [3.8, 4) is 0 Å². The van der Waals surface area contributed by atoms with Crippen molar-refractivity contribution in [1.82, 2.24) is 4.98 Å². The molecule has 0 unspecified atom stereocenters. The lowest BCUT2D eigenvalue weighted by Crippen LogP contribution is -2.28. The molecule has 6 heteroatoms. The monoisotopic (exact) mass is 326 g/mol. The summed E-state index contributed by atoms with van der Waals surface area (Å²) in [5, 5.41) is 0.0273. The molecule has 0 bridgehead atoms. The minimum absolute atomic E-state index is 0.0273. The first kappa shape index (κ1) is 17.4. The summed E-state index contributed by atoms with van der Waals surface area (Å²) in [6.07, 6.45) is -3.65. The molecule has 0 amide bonds. The molecule has 3 nitrogen and oxygen atoms in total. The minimum atomic E-state index is -4.56. The van der Waals surface area contributed by atoms with E-state index in [9.17, 15) is 18.0 Å². The number of nitrogens with zero attached hydrogens (tertiary/aromatic N) is 1. The van der Waals surface area contributed by atoms with Crippen LogP contribution in [0, 0.1) is 5.92 Å². The van der Waals surface area contributed by atoms with Gasteiger partial charge in [0.05, 0.1) is 5.56 Å². The summed E-state index contributed by atoms with van der Waals surface area (Å²) in [7, 11) is 0. The maximum absolute atomic E-state index is 13.2. The average molecular weight is 326 g/mol. The van der Waals surface area contributed by atoms with E-state index < -0.39 is 17.3 Å². The van der Waals surface area contributed by atoms with Gasteiger partial charge in [-0.15, -0.1) is 0 Å². The number of H-pyrrole nitrogens is 1. The second-order valence-corrected chi connectivity index (χ2v) is 6.11. The fraction of sp³-hybridized carbons (Fsp3) is 0.471. The third kappa shape index (κ3) is 4.06. The van der Waals surface area contributed by atoms with Crippen molar-refractivity contribution in [2.75, 3.05) is 18.0 Å². The summed E-state index contributed by atoms with van der Waals surface area (Å²) in [6.45, 7) is 7.72. The normalized spacial score (nSPS) is 12.1. The van der Waals surface area contributed by atoms with Crippen molar-refractivity contribution in [2.24, 2.45) is 5.92 Å². The van der Waals surface area contributed by atoms with E-state index in [1.54, 1.807) is 12.1 Å². The van der Waals surface area contributed by atoms with Gasteiger partial charge in [-0.2, -0.15) is 13.2 Å². The van der Waals surface area contributed by atoms with Gasteiger partial charge >= 0.3 is 6.18 Å². The summed E-state index contributed by atoms with van der Waals surface area (Å²) >= 11 is 0. The molecular weight excluding hydrogens is 305 g/mol. The average Bonchev–Trinajstić information content (AvgIpc) is 2.44. The molecule has 1 aromatic carbocycles. The molecule has 1 N–H and O–H groups in total. The Balaban J connectivity index is 2.60. The summed E-state index contributed by atoms with van der Waals surface area (Å²) in [6, 6.07) is 5.45. The molecule has 126 valence electrons. The van der Waals surface area contributed by atoms with Gasteiger partial charge in [-0.05, 0) is 30.5 Å². The lowest BCUT2D eigenvalue weighted by atomic mass is 10.1. The molecule has 0 atom stereocenters. The number of pyridine rings is 1. The van der Waals surface area contributed by atoms with E-state index in [4.69, 9.17) is 0 Å². The van der Waals surface area contributed by atoms with Crippen molar-refractivity contribution in [3.05, 3.63) is 40.2 Å². The van der Waals surface area contributed by atoms with Crippen molar-refractivity contribution < 1.29 is 13.2 Å². The second kappa shape index (κ2) is 6.64. The molecule has 0 radical (unpaired) electrons. The van der Waals surface area contributed by atoms with Crippen LogP contribution in [-0.2, 0) is 6.18 Å². The molecule has 0 saturated carbocycles. The Hall–Kier alpha value is -1.98. The van der Waals surface area contributed by atoms with E-state index >= 15 is 0 Å². The molecule has 1 heterocycles. The Morgan fingerprint density at radius 1 is 1.22 bits per heavy atom. The lowest BCUT2D eigenvalue weighted by Gasteiger charge is -2.27. The number of halogens is 3. The van der Waals surface area contributed by atoms with Crippen LogP contribution in [0.5, 0.6) is 0 Å².